The molecule has 0 unspecified atom stereocenters. The van der Waals surface area contributed by atoms with Crippen LogP contribution in [0.15, 0.2) is 83.6 Å². The molecule has 0 atom stereocenters. The van der Waals surface area contributed by atoms with Gasteiger partial charge < -0.3 is 5.32 Å². The van der Waals surface area contributed by atoms with Gasteiger partial charge in [0.15, 0.2) is 12.4 Å². The molecule has 1 aromatic heterocycles. The van der Waals surface area contributed by atoms with Gasteiger partial charge in [-0.25, -0.2) is 0 Å². The van der Waals surface area contributed by atoms with Gasteiger partial charge in [-0.2, -0.15) is 4.57 Å². The maximum Gasteiger partial charge on any atom is 0.290 e. The number of halogens is 1. The maximum absolute atomic E-state index is 12.1. The summed E-state index contributed by atoms with van der Waals surface area (Å²) in [6.45, 7) is 0.277. The van der Waals surface area contributed by atoms with Gasteiger partial charge >= 0.3 is 0 Å². The SMILES string of the molecule is O=C(C[n+]1ccc(C=Cc2ccccc2)cc1)Nc1ccc(Br)cc1. The molecular formula is C21H18BrN2O+. The highest BCUT2D eigenvalue weighted by Crippen LogP contribution is 2.13. The van der Waals surface area contributed by atoms with Crippen molar-refractivity contribution in [2.75, 3.05) is 5.32 Å². The summed E-state index contributed by atoms with van der Waals surface area (Å²) < 4.78 is 2.84. The lowest BCUT2D eigenvalue weighted by Crippen LogP contribution is -2.39. The van der Waals surface area contributed by atoms with Gasteiger partial charge in [0.05, 0.1) is 0 Å². The molecule has 0 saturated heterocycles. The van der Waals surface area contributed by atoms with E-state index < -0.39 is 0 Å². The molecule has 0 fully saturated rings. The molecule has 2 aromatic carbocycles. The zero-order valence-corrected chi connectivity index (χ0v) is 15.2. The molecule has 0 saturated carbocycles. The molecular weight excluding hydrogens is 376 g/mol. The number of pyridine rings is 1. The zero-order chi connectivity index (χ0) is 17.5. The van der Waals surface area contributed by atoms with Crippen LogP contribution in [-0.2, 0) is 11.3 Å². The lowest BCUT2D eigenvalue weighted by atomic mass is 10.1. The van der Waals surface area contributed by atoms with Gasteiger partial charge in [-0.1, -0.05) is 58.4 Å². The summed E-state index contributed by atoms with van der Waals surface area (Å²) in [5.74, 6) is -0.0556. The third-order valence-electron chi connectivity index (χ3n) is 3.64. The minimum atomic E-state index is -0.0556. The van der Waals surface area contributed by atoms with E-state index in [-0.39, 0.29) is 12.5 Å². The van der Waals surface area contributed by atoms with Gasteiger partial charge in [0.25, 0.3) is 5.91 Å². The predicted octanol–water partition coefficient (Wildman–Crippen LogP) is 4.55. The van der Waals surface area contributed by atoms with Gasteiger partial charge in [-0.05, 0) is 35.4 Å². The Balaban J connectivity index is 1.57. The Bertz CT molecular complexity index is 857. The number of hydrogen-bond acceptors (Lipinski definition) is 1. The summed E-state index contributed by atoms with van der Waals surface area (Å²) in [5, 5.41) is 2.88. The third kappa shape index (κ3) is 5.40. The van der Waals surface area contributed by atoms with Crippen molar-refractivity contribution in [1.82, 2.24) is 0 Å². The highest BCUT2D eigenvalue weighted by Gasteiger charge is 2.09. The van der Waals surface area contributed by atoms with E-state index >= 15 is 0 Å². The van der Waals surface area contributed by atoms with E-state index in [0.717, 1.165) is 21.3 Å². The monoisotopic (exact) mass is 393 g/mol. The Kier molecular flexibility index (Phi) is 5.75. The van der Waals surface area contributed by atoms with Crippen LogP contribution >= 0.6 is 15.9 Å². The average Bonchev–Trinajstić information content (AvgIpc) is 2.64. The van der Waals surface area contributed by atoms with Crippen molar-refractivity contribution in [3.8, 4) is 0 Å². The summed E-state index contributed by atoms with van der Waals surface area (Å²) in [4.78, 5) is 12.1. The van der Waals surface area contributed by atoms with Crippen LogP contribution in [0, 0.1) is 0 Å². The van der Waals surface area contributed by atoms with Gasteiger partial charge in [-0.3, -0.25) is 4.79 Å². The summed E-state index contributed by atoms with van der Waals surface area (Å²) in [6.07, 6.45) is 7.94. The smallest absolute Gasteiger partial charge is 0.290 e. The molecule has 0 bridgehead atoms. The first kappa shape index (κ1) is 17.1. The topological polar surface area (TPSA) is 33.0 Å². The van der Waals surface area contributed by atoms with E-state index in [2.05, 4.69) is 45.5 Å². The molecule has 3 aromatic rings. The van der Waals surface area contributed by atoms with Crippen molar-refractivity contribution in [1.29, 1.82) is 0 Å². The molecule has 0 radical (unpaired) electrons. The quantitative estimate of drug-likeness (QED) is 0.633. The Morgan fingerprint density at radius 3 is 2.12 bits per heavy atom. The second-order valence-corrected chi connectivity index (χ2v) is 6.52. The summed E-state index contributed by atoms with van der Waals surface area (Å²) in [5.41, 5.74) is 3.04. The van der Waals surface area contributed by atoms with Crippen LogP contribution in [0.2, 0.25) is 0 Å². The summed E-state index contributed by atoms with van der Waals surface area (Å²) in [7, 11) is 0. The van der Waals surface area contributed by atoms with E-state index in [1.807, 2.05) is 71.6 Å². The molecule has 3 rings (SSSR count). The number of anilines is 1. The number of nitrogens with zero attached hydrogens (tertiary/aromatic N) is 1. The number of rotatable bonds is 5. The molecule has 124 valence electrons. The molecule has 0 spiro atoms. The summed E-state index contributed by atoms with van der Waals surface area (Å²) in [6, 6.07) is 21.7. The highest BCUT2D eigenvalue weighted by molar-refractivity contribution is 9.10. The first-order valence-corrected chi connectivity index (χ1v) is 8.76. The Morgan fingerprint density at radius 1 is 0.880 bits per heavy atom. The fourth-order valence-electron chi connectivity index (χ4n) is 2.34. The van der Waals surface area contributed by atoms with Crippen LogP contribution in [0.25, 0.3) is 12.2 Å². The van der Waals surface area contributed by atoms with E-state index in [1.165, 1.54) is 0 Å². The molecule has 1 heterocycles. The zero-order valence-electron chi connectivity index (χ0n) is 13.6. The van der Waals surface area contributed by atoms with Crippen LogP contribution < -0.4 is 9.88 Å². The minimum Gasteiger partial charge on any atom is -0.321 e. The van der Waals surface area contributed by atoms with Gasteiger partial charge in [0, 0.05) is 22.3 Å². The van der Waals surface area contributed by atoms with E-state index in [0.29, 0.717) is 0 Å². The Morgan fingerprint density at radius 2 is 1.48 bits per heavy atom. The molecule has 0 aliphatic carbocycles. The standard InChI is InChI=1S/C21H17BrN2O/c22-19-8-10-20(11-9-19)23-21(25)16-24-14-12-18(13-15-24)7-6-17-4-2-1-3-5-17/h1-15H,16H2/p+1. The molecule has 0 aliphatic heterocycles. The second kappa shape index (κ2) is 8.40. The van der Waals surface area contributed by atoms with E-state index in [4.69, 9.17) is 0 Å². The van der Waals surface area contributed by atoms with Gasteiger partial charge in [0.2, 0.25) is 6.54 Å². The summed E-state index contributed by atoms with van der Waals surface area (Å²) >= 11 is 3.38. The number of benzene rings is 2. The molecule has 1 N–H and O–H groups in total. The molecule has 4 heteroatoms. The molecule has 3 nitrogen and oxygen atoms in total. The number of hydrogen-bond donors (Lipinski definition) is 1. The van der Waals surface area contributed by atoms with Crippen molar-refractivity contribution < 1.29 is 9.36 Å². The van der Waals surface area contributed by atoms with E-state index in [9.17, 15) is 4.79 Å². The third-order valence-corrected chi connectivity index (χ3v) is 4.17. The predicted molar refractivity (Wildman–Crippen MR) is 105 cm³/mol. The highest BCUT2D eigenvalue weighted by atomic mass is 79.9. The van der Waals surface area contributed by atoms with Crippen molar-refractivity contribution in [3.63, 3.8) is 0 Å². The van der Waals surface area contributed by atoms with Crippen molar-refractivity contribution in [3.05, 3.63) is 94.7 Å². The first-order valence-electron chi connectivity index (χ1n) is 7.97. The van der Waals surface area contributed by atoms with Gasteiger partial charge in [-0.15, -0.1) is 0 Å². The lowest BCUT2D eigenvalue weighted by molar-refractivity contribution is -0.684. The van der Waals surface area contributed by atoms with Crippen molar-refractivity contribution in [2.24, 2.45) is 0 Å². The number of carbonyl (C=O) groups excluding carboxylic acids is 1. The van der Waals surface area contributed by atoms with Gasteiger partial charge in [0.1, 0.15) is 0 Å². The molecule has 1 amide bonds. The minimum absolute atomic E-state index is 0.0556. The number of nitrogens with one attached hydrogen (secondary N) is 1. The normalized spacial score (nSPS) is 10.8. The number of aromatic nitrogens is 1. The fourth-order valence-corrected chi connectivity index (χ4v) is 2.61. The largest absolute Gasteiger partial charge is 0.321 e. The van der Waals surface area contributed by atoms with Crippen LogP contribution in [0.3, 0.4) is 0 Å². The van der Waals surface area contributed by atoms with E-state index in [1.54, 1.807) is 0 Å². The van der Waals surface area contributed by atoms with Crippen molar-refractivity contribution in [2.45, 2.75) is 6.54 Å². The van der Waals surface area contributed by atoms with Crippen molar-refractivity contribution >= 4 is 39.7 Å². The van der Waals surface area contributed by atoms with Crippen LogP contribution in [-0.4, -0.2) is 5.91 Å². The maximum atomic E-state index is 12.1. The lowest BCUT2D eigenvalue weighted by Gasteiger charge is -2.03. The average molecular weight is 394 g/mol. The Labute approximate surface area is 155 Å². The van der Waals surface area contributed by atoms with Crippen LogP contribution in [0.5, 0.6) is 0 Å². The first-order chi connectivity index (χ1) is 12.2. The Hall–Kier alpha value is -2.72. The van der Waals surface area contributed by atoms with Crippen LogP contribution in [0.1, 0.15) is 11.1 Å². The fraction of sp³-hybridized carbons (Fsp3) is 0.0476. The number of carbonyl (C=O) groups is 1. The second-order valence-electron chi connectivity index (χ2n) is 5.60. The molecule has 25 heavy (non-hydrogen) atoms. The molecule has 0 aliphatic rings. The number of amides is 1. The van der Waals surface area contributed by atoms with Crippen LogP contribution in [0.4, 0.5) is 5.69 Å².